The maximum Gasteiger partial charge on any atom is 0.270 e. The lowest BCUT2D eigenvalue weighted by Crippen LogP contribution is -2.40. The second-order valence-corrected chi connectivity index (χ2v) is 6.86. The predicted octanol–water partition coefficient (Wildman–Crippen LogP) is 4.24. The lowest BCUT2D eigenvalue weighted by atomic mass is 9.95. The van der Waals surface area contributed by atoms with E-state index in [0.717, 1.165) is 10.6 Å². The number of thiazole rings is 1. The average Bonchev–Trinajstić information content (AvgIpc) is 3.17. The Bertz CT molecular complexity index is 898. The molecular weight excluding hydrogens is 351 g/mol. The number of aromatic nitrogens is 1. The van der Waals surface area contributed by atoms with E-state index < -0.39 is 5.60 Å². The number of carbonyl (C=O) groups is 1. The summed E-state index contributed by atoms with van der Waals surface area (Å²) in [6.45, 7) is 1.86. The van der Waals surface area contributed by atoms with Crippen molar-refractivity contribution in [1.29, 1.82) is 0 Å². The van der Waals surface area contributed by atoms with Gasteiger partial charge in [-0.2, -0.15) is 0 Å². The van der Waals surface area contributed by atoms with Crippen molar-refractivity contribution in [3.05, 3.63) is 77.1 Å². The van der Waals surface area contributed by atoms with Crippen LogP contribution in [-0.2, 0) is 10.3 Å². The first kappa shape index (κ1) is 18.2. The van der Waals surface area contributed by atoms with Crippen molar-refractivity contribution in [2.24, 2.45) is 0 Å². The quantitative estimate of drug-likeness (QED) is 0.706. The molecule has 0 spiro atoms. The largest absolute Gasteiger partial charge is 0.372 e. The lowest BCUT2D eigenvalue weighted by molar-refractivity contribution is 0.000356. The summed E-state index contributed by atoms with van der Waals surface area (Å²) in [7, 11) is 1.49. The van der Waals surface area contributed by atoms with E-state index in [-0.39, 0.29) is 18.3 Å². The van der Waals surface area contributed by atoms with E-state index >= 15 is 0 Å². The number of hydrogen-bond acceptors (Lipinski definition) is 4. The van der Waals surface area contributed by atoms with Gasteiger partial charge in [0.1, 0.15) is 22.1 Å². The molecule has 0 aliphatic rings. The van der Waals surface area contributed by atoms with Crippen LogP contribution in [0.1, 0.15) is 23.0 Å². The molecule has 1 amide bonds. The smallest absolute Gasteiger partial charge is 0.270 e. The molecule has 4 nitrogen and oxygen atoms in total. The number of methoxy groups -OCH3 is 1. The molecule has 6 heteroatoms. The highest BCUT2D eigenvalue weighted by molar-refractivity contribution is 7.13. The number of nitrogens with zero attached hydrogens (tertiary/aromatic N) is 1. The SMILES string of the molecule is COC(C)(CNC(=O)c1csc(-c2ccccc2)n1)c1ccccc1F. The van der Waals surface area contributed by atoms with Crippen molar-refractivity contribution in [3.63, 3.8) is 0 Å². The topological polar surface area (TPSA) is 51.2 Å². The van der Waals surface area contributed by atoms with Crippen LogP contribution in [0.4, 0.5) is 4.39 Å². The van der Waals surface area contributed by atoms with Gasteiger partial charge >= 0.3 is 0 Å². The molecule has 3 rings (SSSR count). The zero-order chi connectivity index (χ0) is 18.6. The number of nitrogens with one attached hydrogen (secondary N) is 1. The Morgan fingerprint density at radius 1 is 1.19 bits per heavy atom. The third kappa shape index (κ3) is 3.81. The van der Waals surface area contributed by atoms with Gasteiger partial charge < -0.3 is 10.1 Å². The summed E-state index contributed by atoms with van der Waals surface area (Å²) in [6, 6.07) is 16.1. The number of amides is 1. The molecule has 0 saturated carbocycles. The molecule has 1 atom stereocenters. The molecule has 1 aromatic heterocycles. The minimum atomic E-state index is -0.973. The van der Waals surface area contributed by atoms with Gasteiger partial charge in [-0.05, 0) is 13.0 Å². The summed E-state index contributed by atoms with van der Waals surface area (Å²) < 4.78 is 19.6. The molecule has 0 radical (unpaired) electrons. The summed E-state index contributed by atoms with van der Waals surface area (Å²) in [5.41, 5.74) is 0.718. The minimum absolute atomic E-state index is 0.126. The number of carbonyl (C=O) groups excluding carboxylic acids is 1. The van der Waals surface area contributed by atoms with Gasteiger partial charge in [0.2, 0.25) is 0 Å². The lowest BCUT2D eigenvalue weighted by Gasteiger charge is -2.29. The first-order chi connectivity index (χ1) is 12.5. The van der Waals surface area contributed by atoms with Gasteiger partial charge in [-0.15, -0.1) is 11.3 Å². The third-order valence-corrected chi connectivity index (χ3v) is 5.13. The van der Waals surface area contributed by atoms with E-state index in [0.29, 0.717) is 11.3 Å². The van der Waals surface area contributed by atoms with Crippen molar-refractivity contribution in [3.8, 4) is 10.6 Å². The number of rotatable bonds is 6. The van der Waals surface area contributed by atoms with Gasteiger partial charge in [-0.3, -0.25) is 4.79 Å². The van der Waals surface area contributed by atoms with E-state index in [1.807, 2.05) is 30.3 Å². The first-order valence-corrected chi connectivity index (χ1v) is 9.01. The highest BCUT2D eigenvalue weighted by atomic mass is 32.1. The highest BCUT2D eigenvalue weighted by Gasteiger charge is 2.30. The minimum Gasteiger partial charge on any atom is -0.372 e. The van der Waals surface area contributed by atoms with Crippen LogP contribution in [0.2, 0.25) is 0 Å². The van der Waals surface area contributed by atoms with Gasteiger partial charge in [-0.1, -0.05) is 48.5 Å². The molecule has 1 heterocycles. The number of benzene rings is 2. The molecule has 26 heavy (non-hydrogen) atoms. The third-order valence-electron chi connectivity index (χ3n) is 4.24. The maximum absolute atomic E-state index is 14.1. The number of ether oxygens (including phenoxy) is 1. The Morgan fingerprint density at radius 3 is 2.58 bits per heavy atom. The summed E-state index contributed by atoms with van der Waals surface area (Å²) in [5, 5.41) is 5.28. The van der Waals surface area contributed by atoms with Crippen molar-refractivity contribution >= 4 is 17.2 Å². The number of hydrogen-bond donors (Lipinski definition) is 1. The Labute approximate surface area is 155 Å². The molecule has 0 bridgehead atoms. The monoisotopic (exact) mass is 370 g/mol. The molecule has 134 valence electrons. The standard InChI is InChI=1S/C20H19FN2O2S/c1-20(25-2,15-10-6-7-11-16(15)21)13-22-18(24)17-12-26-19(23-17)14-8-4-3-5-9-14/h3-12H,13H2,1-2H3,(H,22,24). The van der Waals surface area contributed by atoms with Crippen molar-refractivity contribution in [1.82, 2.24) is 10.3 Å². The molecule has 1 N–H and O–H groups in total. The predicted molar refractivity (Wildman–Crippen MR) is 101 cm³/mol. The zero-order valence-electron chi connectivity index (χ0n) is 14.5. The van der Waals surface area contributed by atoms with E-state index in [4.69, 9.17) is 4.74 Å². The van der Waals surface area contributed by atoms with Crippen LogP contribution in [0.15, 0.2) is 60.0 Å². The molecule has 2 aromatic carbocycles. The first-order valence-electron chi connectivity index (χ1n) is 8.13. The fourth-order valence-corrected chi connectivity index (χ4v) is 3.40. The molecule has 0 aliphatic carbocycles. The van der Waals surface area contributed by atoms with Crippen LogP contribution in [0.5, 0.6) is 0 Å². The molecular formula is C20H19FN2O2S. The Hall–Kier alpha value is -2.57. The van der Waals surface area contributed by atoms with Crippen LogP contribution in [0.3, 0.4) is 0 Å². The highest BCUT2D eigenvalue weighted by Crippen LogP contribution is 2.27. The average molecular weight is 370 g/mol. The Morgan fingerprint density at radius 2 is 1.88 bits per heavy atom. The van der Waals surface area contributed by atoms with Crippen LogP contribution in [-0.4, -0.2) is 24.5 Å². The maximum atomic E-state index is 14.1. The van der Waals surface area contributed by atoms with Crippen molar-refractivity contribution in [2.45, 2.75) is 12.5 Å². The Balaban J connectivity index is 1.72. The number of halogens is 1. The van der Waals surface area contributed by atoms with Gasteiger partial charge in [0.15, 0.2) is 0 Å². The van der Waals surface area contributed by atoms with Crippen LogP contribution in [0.25, 0.3) is 10.6 Å². The fraction of sp³-hybridized carbons (Fsp3) is 0.200. The van der Waals surface area contributed by atoms with Crippen molar-refractivity contribution < 1.29 is 13.9 Å². The van der Waals surface area contributed by atoms with Crippen molar-refractivity contribution in [2.75, 3.05) is 13.7 Å². The van der Waals surface area contributed by atoms with Crippen LogP contribution < -0.4 is 5.32 Å². The van der Waals surface area contributed by atoms with E-state index in [9.17, 15) is 9.18 Å². The van der Waals surface area contributed by atoms with Gasteiger partial charge in [0, 0.05) is 23.6 Å². The molecule has 0 aliphatic heterocycles. The van der Waals surface area contributed by atoms with E-state index in [1.165, 1.54) is 24.5 Å². The summed E-state index contributed by atoms with van der Waals surface area (Å²) in [6.07, 6.45) is 0. The summed E-state index contributed by atoms with van der Waals surface area (Å²) in [4.78, 5) is 16.8. The Kier molecular flexibility index (Phi) is 5.44. The second kappa shape index (κ2) is 7.76. The summed E-state index contributed by atoms with van der Waals surface area (Å²) in [5.74, 6) is -0.686. The second-order valence-electron chi connectivity index (χ2n) is 6.00. The zero-order valence-corrected chi connectivity index (χ0v) is 15.3. The van der Waals surface area contributed by atoms with E-state index in [1.54, 1.807) is 30.5 Å². The van der Waals surface area contributed by atoms with Gasteiger partial charge in [-0.25, -0.2) is 9.37 Å². The fourth-order valence-electron chi connectivity index (χ4n) is 2.60. The summed E-state index contributed by atoms with van der Waals surface area (Å²) >= 11 is 1.41. The normalized spacial score (nSPS) is 13.2. The molecule has 0 fully saturated rings. The van der Waals surface area contributed by atoms with E-state index in [2.05, 4.69) is 10.3 Å². The molecule has 0 saturated heterocycles. The van der Waals surface area contributed by atoms with Gasteiger partial charge in [0.25, 0.3) is 5.91 Å². The van der Waals surface area contributed by atoms with Crippen LogP contribution >= 0.6 is 11.3 Å². The molecule has 3 aromatic rings. The van der Waals surface area contributed by atoms with Crippen LogP contribution in [0, 0.1) is 5.82 Å². The van der Waals surface area contributed by atoms with Gasteiger partial charge in [0.05, 0.1) is 6.54 Å². The molecule has 1 unspecified atom stereocenters.